The maximum atomic E-state index is 5.66. The van der Waals surface area contributed by atoms with Gasteiger partial charge in [0.1, 0.15) is 0 Å². The lowest BCUT2D eigenvalue weighted by atomic mass is 10.1. The molecule has 0 aliphatic rings. The average molecular weight is 331 g/mol. The summed E-state index contributed by atoms with van der Waals surface area (Å²) >= 11 is 7.09. The van der Waals surface area contributed by atoms with E-state index in [2.05, 4.69) is 52.5 Å². The lowest BCUT2D eigenvalue weighted by molar-refractivity contribution is 0.564. The van der Waals surface area contributed by atoms with Gasteiger partial charge in [-0.2, -0.15) is 0 Å². The van der Waals surface area contributed by atoms with Crippen LogP contribution in [0.2, 0.25) is 0 Å². The van der Waals surface area contributed by atoms with Gasteiger partial charge >= 0.3 is 0 Å². The van der Waals surface area contributed by atoms with E-state index >= 15 is 0 Å². The molecular weight excluding hydrogens is 316 g/mol. The summed E-state index contributed by atoms with van der Waals surface area (Å²) in [6.45, 7) is 2.18. The van der Waals surface area contributed by atoms with E-state index in [-0.39, 0.29) is 6.04 Å². The van der Waals surface area contributed by atoms with E-state index in [1.54, 1.807) is 11.3 Å². The first-order valence-electron chi connectivity index (χ1n) is 5.52. The van der Waals surface area contributed by atoms with E-state index in [0.29, 0.717) is 0 Å². The van der Waals surface area contributed by atoms with Gasteiger partial charge in [-0.1, -0.05) is 6.92 Å². The van der Waals surface area contributed by atoms with E-state index in [4.69, 9.17) is 5.84 Å². The molecule has 2 aromatic heterocycles. The van der Waals surface area contributed by atoms with Crippen LogP contribution in [0.5, 0.6) is 0 Å². The van der Waals surface area contributed by atoms with Crippen molar-refractivity contribution in [1.82, 2.24) is 5.43 Å². The monoisotopic (exact) mass is 330 g/mol. The van der Waals surface area contributed by atoms with E-state index in [1.165, 1.54) is 18.4 Å². The zero-order chi connectivity index (χ0) is 12.3. The summed E-state index contributed by atoms with van der Waals surface area (Å²) < 4.78 is 1.17. The normalized spacial score (nSPS) is 12.9. The molecule has 0 saturated carbocycles. The van der Waals surface area contributed by atoms with Crippen molar-refractivity contribution in [3.05, 3.63) is 42.7 Å². The second-order valence-electron chi connectivity index (χ2n) is 3.79. The Morgan fingerprint density at radius 3 is 2.53 bits per heavy atom. The molecule has 0 fully saturated rings. The highest BCUT2D eigenvalue weighted by atomic mass is 79.9. The second kappa shape index (κ2) is 6.11. The number of hydrogen-bond acceptors (Lipinski definition) is 4. The Kier molecular flexibility index (Phi) is 4.76. The highest BCUT2D eigenvalue weighted by Gasteiger charge is 2.13. The third kappa shape index (κ3) is 3.39. The SMILES string of the molecule is CCc1ccc(C(Cc2ccc(Br)s2)NN)s1. The highest BCUT2D eigenvalue weighted by Crippen LogP contribution is 2.29. The number of nitrogens with one attached hydrogen (secondary N) is 1. The Bertz CT molecular complexity index is 478. The predicted molar refractivity (Wildman–Crippen MR) is 79.5 cm³/mol. The van der Waals surface area contributed by atoms with Gasteiger partial charge in [0, 0.05) is 21.1 Å². The average Bonchev–Trinajstić information content (AvgIpc) is 2.94. The molecule has 1 atom stereocenters. The molecule has 0 saturated heterocycles. The lowest BCUT2D eigenvalue weighted by Crippen LogP contribution is -2.28. The van der Waals surface area contributed by atoms with Crippen LogP contribution in [0.25, 0.3) is 0 Å². The van der Waals surface area contributed by atoms with Crippen molar-refractivity contribution in [3.8, 4) is 0 Å². The molecule has 2 aromatic rings. The molecule has 2 nitrogen and oxygen atoms in total. The van der Waals surface area contributed by atoms with Crippen molar-refractivity contribution in [2.75, 3.05) is 0 Å². The second-order valence-corrected chi connectivity index (χ2v) is 7.53. The van der Waals surface area contributed by atoms with Crippen molar-refractivity contribution in [2.24, 2.45) is 5.84 Å². The van der Waals surface area contributed by atoms with E-state index in [0.717, 1.165) is 12.8 Å². The number of nitrogens with two attached hydrogens (primary N) is 1. The van der Waals surface area contributed by atoms with Crippen LogP contribution in [0.3, 0.4) is 0 Å². The molecule has 0 amide bonds. The number of aryl methyl sites for hydroxylation is 1. The third-order valence-corrected chi connectivity index (χ3v) is 5.60. The molecule has 5 heteroatoms. The Labute approximate surface area is 118 Å². The number of thiophene rings is 2. The molecule has 0 spiro atoms. The zero-order valence-electron chi connectivity index (χ0n) is 9.57. The molecular formula is C12H15BrN2S2. The van der Waals surface area contributed by atoms with Crippen molar-refractivity contribution in [1.29, 1.82) is 0 Å². The number of rotatable bonds is 5. The van der Waals surface area contributed by atoms with Gasteiger partial charge in [0.15, 0.2) is 0 Å². The molecule has 0 radical (unpaired) electrons. The summed E-state index contributed by atoms with van der Waals surface area (Å²) in [5.41, 5.74) is 2.92. The summed E-state index contributed by atoms with van der Waals surface area (Å²) in [7, 11) is 0. The van der Waals surface area contributed by atoms with Crippen LogP contribution in [0.4, 0.5) is 0 Å². The van der Waals surface area contributed by atoms with Gasteiger partial charge in [0.2, 0.25) is 0 Å². The molecule has 2 heterocycles. The molecule has 0 aliphatic carbocycles. The molecule has 92 valence electrons. The van der Waals surface area contributed by atoms with Crippen LogP contribution in [-0.4, -0.2) is 0 Å². The summed E-state index contributed by atoms with van der Waals surface area (Å²) in [5.74, 6) is 5.66. The number of halogens is 1. The Morgan fingerprint density at radius 2 is 2.00 bits per heavy atom. The van der Waals surface area contributed by atoms with Crippen LogP contribution in [0.1, 0.15) is 27.6 Å². The predicted octanol–water partition coefficient (Wildman–Crippen LogP) is 3.88. The minimum atomic E-state index is 0.214. The van der Waals surface area contributed by atoms with E-state index in [9.17, 15) is 0 Å². The maximum Gasteiger partial charge on any atom is 0.0701 e. The van der Waals surface area contributed by atoms with Crippen molar-refractivity contribution >= 4 is 38.6 Å². The van der Waals surface area contributed by atoms with Crippen molar-refractivity contribution < 1.29 is 0 Å². The summed E-state index contributed by atoms with van der Waals surface area (Å²) in [4.78, 5) is 4.06. The van der Waals surface area contributed by atoms with Crippen LogP contribution < -0.4 is 11.3 Å². The van der Waals surface area contributed by atoms with Crippen LogP contribution in [0.15, 0.2) is 28.1 Å². The quantitative estimate of drug-likeness (QED) is 0.644. The molecule has 3 N–H and O–H groups in total. The Hall–Kier alpha value is -0.200. The fraction of sp³-hybridized carbons (Fsp3) is 0.333. The summed E-state index contributed by atoms with van der Waals surface area (Å²) in [6.07, 6.45) is 2.03. The summed E-state index contributed by atoms with van der Waals surface area (Å²) in [6, 6.07) is 8.81. The zero-order valence-corrected chi connectivity index (χ0v) is 12.8. The van der Waals surface area contributed by atoms with Gasteiger partial charge in [-0.3, -0.25) is 11.3 Å². The fourth-order valence-electron chi connectivity index (χ4n) is 1.68. The topological polar surface area (TPSA) is 38.0 Å². The molecule has 2 rings (SSSR count). The molecule has 17 heavy (non-hydrogen) atoms. The van der Waals surface area contributed by atoms with Crippen LogP contribution >= 0.6 is 38.6 Å². The molecule has 0 aliphatic heterocycles. The minimum absolute atomic E-state index is 0.214. The van der Waals surface area contributed by atoms with Gasteiger partial charge in [0.25, 0.3) is 0 Å². The van der Waals surface area contributed by atoms with Crippen molar-refractivity contribution in [3.63, 3.8) is 0 Å². The van der Waals surface area contributed by atoms with Crippen molar-refractivity contribution in [2.45, 2.75) is 25.8 Å². The van der Waals surface area contributed by atoms with E-state index < -0.39 is 0 Å². The minimum Gasteiger partial charge on any atom is -0.271 e. The highest BCUT2D eigenvalue weighted by molar-refractivity contribution is 9.11. The van der Waals surface area contributed by atoms with Crippen LogP contribution in [-0.2, 0) is 12.8 Å². The van der Waals surface area contributed by atoms with Gasteiger partial charge < -0.3 is 0 Å². The largest absolute Gasteiger partial charge is 0.271 e. The first-order chi connectivity index (χ1) is 8.22. The molecule has 1 unspecified atom stereocenters. The number of hydrogen-bond donors (Lipinski definition) is 2. The first-order valence-corrected chi connectivity index (χ1v) is 7.94. The lowest BCUT2D eigenvalue weighted by Gasteiger charge is -2.12. The first kappa shape index (κ1) is 13.2. The Balaban J connectivity index is 2.10. The standard InChI is InChI=1S/C12H15BrN2S2/c1-2-8-3-5-11(16-8)10(15-14)7-9-4-6-12(13)17-9/h3-6,10,15H,2,7,14H2,1H3. The maximum absolute atomic E-state index is 5.66. The van der Waals surface area contributed by atoms with Gasteiger partial charge in [0.05, 0.1) is 9.83 Å². The number of hydrazine groups is 1. The summed E-state index contributed by atoms with van der Waals surface area (Å²) in [5, 5.41) is 0. The molecule has 0 aromatic carbocycles. The molecule has 0 bridgehead atoms. The van der Waals surface area contributed by atoms with E-state index in [1.807, 2.05) is 11.3 Å². The van der Waals surface area contributed by atoms with Gasteiger partial charge in [-0.25, -0.2) is 0 Å². The van der Waals surface area contributed by atoms with Gasteiger partial charge in [-0.05, 0) is 46.6 Å². The van der Waals surface area contributed by atoms with Gasteiger partial charge in [-0.15, -0.1) is 22.7 Å². The smallest absolute Gasteiger partial charge is 0.0701 e. The third-order valence-electron chi connectivity index (χ3n) is 2.61. The Morgan fingerprint density at radius 1 is 1.24 bits per heavy atom. The fourth-order valence-corrected chi connectivity index (χ4v) is 4.22. The van der Waals surface area contributed by atoms with Crippen LogP contribution in [0, 0.1) is 0 Å².